The predicted molar refractivity (Wildman–Crippen MR) is 45.5 cm³/mol. The molecule has 1 rings (SSSR count). The molecule has 0 fully saturated rings. The number of nitrogens with zero attached hydrogens (tertiary/aromatic N) is 1. The fourth-order valence-electron chi connectivity index (χ4n) is 1.10. The number of aliphatic carboxylic acids is 1. The molecule has 0 bridgehead atoms. The van der Waals surface area contributed by atoms with Gasteiger partial charge >= 0.3 is 5.97 Å². The lowest BCUT2D eigenvalue weighted by molar-refractivity contribution is -0.138. The summed E-state index contributed by atoms with van der Waals surface area (Å²) in [6.45, 7) is 1.74. The minimum atomic E-state index is -0.953. The second-order valence-corrected chi connectivity index (χ2v) is 2.65. The zero-order valence-corrected chi connectivity index (χ0v) is 7.15. The predicted octanol–water partition coefficient (Wildman–Crippen LogP) is 0.348. The van der Waals surface area contributed by atoms with E-state index in [2.05, 4.69) is 9.97 Å². The molecule has 0 radical (unpaired) electrons. The smallest absolute Gasteiger partial charge is 0.312 e. The maximum atomic E-state index is 10.8. The van der Waals surface area contributed by atoms with Gasteiger partial charge in [0.05, 0.1) is 17.8 Å². The van der Waals surface area contributed by atoms with Gasteiger partial charge in [-0.15, -0.1) is 0 Å². The van der Waals surface area contributed by atoms with E-state index in [1.807, 2.05) is 0 Å². The van der Waals surface area contributed by atoms with Gasteiger partial charge in [-0.05, 0) is 6.42 Å². The molecule has 0 amide bonds. The van der Waals surface area contributed by atoms with E-state index in [0.29, 0.717) is 12.1 Å². The average Bonchev–Trinajstić information content (AvgIpc) is 2.04. The molecular formula is C8H10N2O3. The number of carbonyl (C=O) groups is 1. The van der Waals surface area contributed by atoms with Gasteiger partial charge in [-0.1, -0.05) is 6.92 Å². The van der Waals surface area contributed by atoms with Gasteiger partial charge in [0.15, 0.2) is 0 Å². The van der Waals surface area contributed by atoms with Crippen molar-refractivity contribution in [1.29, 1.82) is 0 Å². The number of carboxylic acids is 1. The standard InChI is InChI=1S/C8H10N2O3/c1-2-5(8(12)13)6-3-9-4-7(11)10-6/h3-5H,2H2,1H3,(H,10,11)(H,12,13). The Bertz CT molecular complexity index is 358. The normalized spacial score (nSPS) is 12.4. The number of aromatic nitrogens is 2. The highest BCUT2D eigenvalue weighted by molar-refractivity contribution is 5.75. The fraction of sp³-hybridized carbons (Fsp3) is 0.375. The van der Waals surface area contributed by atoms with E-state index in [1.165, 1.54) is 6.20 Å². The number of hydrogen-bond acceptors (Lipinski definition) is 3. The van der Waals surface area contributed by atoms with E-state index in [4.69, 9.17) is 5.11 Å². The molecule has 1 heterocycles. The summed E-state index contributed by atoms with van der Waals surface area (Å²) in [4.78, 5) is 27.6. The van der Waals surface area contributed by atoms with E-state index in [1.54, 1.807) is 6.92 Å². The van der Waals surface area contributed by atoms with E-state index < -0.39 is 11.9 Å². The molecule has 5 nitrogen and oxygen atoms in total. The second-order valence-electron chi connectivity index (χ2n) is 2.65. The van der Waals surface area contributed by atoms with Crippen LogP contribution in [0.4, 0.5) is 0 Å². The van der Waals surface area contributed by atoms with Crippen molar-refractivity contribution in [2.24, 2.45) is 0 Å². The van der Waals surface area contributed by atoms with Crippen LogP contribution in [0.3, 0.4) is 0 Å². The summed E-state index contributed by atoms with van der Waals surface area (Å²) < 4.78 is 0. The minimum absolute atomic E-state index is 0.350. The van der Waals surface area contributed by atoms with Crippen molar-refractivity contribution in [2.75, 3.05) is 0 Å². The summed E-state index contributed by atoms with van der Waals surface area (Å²) in [6.07, 6.45) is 2.90. The number of H-pyrrole nitrogens is 1. The Hall–Kier alpha value is -1.65. The first-order chi connectivity index (χ1) is 6.15. The molecule has 0 aliphatic carbocycles. The highest BCUT2D eigenvalue weighted by Crippen LogP contribution is 2.14. The maximum absolute atomic E-state index is 10.8. The Labute approximate surface area is 74.4 Å². The quantitative estimate of drug-likeness (QED) is 0.706. The largest absolute Gasteiger partial charge is 0.481 e. The summed E-state index contributed by atoms with van der Waals surface area (Å²) in [6, 6.07) is 0. The van der Waals surface area contributed by atoms with Crippen LogP contribution < -0.4 is 5.56 Å². The zero-order valence-electron chi connectivity index (χ0n) is 7.15. The third-order valence-corrected chi connectivity index (χ3v) is 1.75. The molecule has 1 aromatic heterocycles. The van der Waals surface area contributed by atoms with Gasteiger partial charge in [0.25, 0.3) is 5.56 Å². The number of nitrogens with one attached hydrogen (secondary N) is 1. The van der Waals surface area contributed by atoms with Gasteiger partial charge < -0.3 is 10.1 Å². The lowest BCUT2D eigenvalue weighted by atomic mass is 10.0. The minimum Gasteiger partial charge on any atom is -0.481 e. The van der Waals surface area contributed by atoms with Crippen LogP contribution in [0.25, 0.3) is 0 Å². The van der Waals surface area contributed by atoms with Crippen LogP contribution in [0.5, 0.6) is 0 Å². The molecule has 2 N–H and O–H groups in total. The fourth-order valence-corrected chi connectivity index (χ4v) is 1.10. The number of hydrogen-bond donors (Lipinski definition) is 2. The van der Waals surface area contributed by atoms with Crippen LogP contribution in [0.1, 0.15) is 25.0 Å². The Kier molecular flexibility index (Phi) is 2.79. The molecule has 1 atom stereocenters. The molecule has 1 aromatic rings. The summed E-state index contributed by atoms with van der Waals surface area (Å²) >= 11 is 0. The van der Waals surface area contributed by atoms with Crippen molar-refractivity contribution in [3.8, 4) is 0 Å². The van der Waals surface area contributed by atoms with Crippen molar-refractivity contribution >= 4 is 5.97 Å². The van der Waals surface area contributed by atoms with E-state index in [0.717, 1.165) is 6.20 Å². The molecule has 1 unspecified atom stereocenters. The Morgan fingerprint density at radius 3 is 2.85 bits per heavy atom. The Morgan fingerprint density at radius 1 is 1.69 bits per heavy atom. The van der Waals surface area contributed by atoms with Crippen molar-refractivity contribution in [1.82, 2.24) is 9.97 Å². The molecule has 0 aromatic carbocycles. The van der Waals surface area contributed by atoms with Crippen molar-refractivity contribution in [3.63, 3.8) is 0 Å². The third-order valence-electron chi connectivity index (χ3n) is 1.75. The highest BCUT2D eigenvalue weighted by Gasteiger charge is 2.18. The lowest BCUT2D eigenvalue weighted by Crippen LogP contribution is -2.17. The van der Waals surface area contributed by atoms with E-state index in [-0.39, 0.29) is 5.56 Å². The molecule has 70 valence electrons. The number of aromatic amines is 1. The van der Waals surface area contributed by atoms with Gasteiger partial charge in [0.1, 0.15) is 0 Å². The molecule has 0 aliphatic heterocycles. The third kappa shape index (κ3) is 2.14. The summed E-state index contributed by atoms with van der Waals surface area (Å²) in [7, 11) is 0. The van der Waals surface area contributed by atoms with Gasteiger partial charge in [-0.3, -0.25) is 14.6 Å². The van der Waals surface area contributed by atoms with Crippen molar-refractivity contribution in [3.05, 3.63) is 28.4 Å². The monoisotopic (exact) mass is 182 g/mol. The Morgan fingerprint density at radius 2 is 2.38 bits per heavy atom. The topological polar surface area (TPSA) is 83.0 Å². The Balaban J connectivity index is 3.05. The first-order valence-electron chi connectivity index (χ1n) is 3.92. The van der Waals surface area contributed by atoms with Gasteiger partial charge in [0, 0.05) is 6.20 Å². The van der Waals surface area contributed by atoms with Crippen LogP contribution in [0.2, 0.25) is 0 Å². The van der Waals surface area contributed by atoms with Crippen LogP contribution in [-0.2, 0) is 4.79 Å². The second kappa shape index (κ2) is 3.84. The number of rotatable bonds is 3. The molecular weight excluding hydrogens is 172 g/mol. The first kappa shape index (κ1) is 9.44. The van der Waals surface area contributed by atoms with Gasteiger partial charge in [0.2, 0.25) is 0 Å². The van der Waals surface area contributed by atoms with Crippen LogP contribution in [0.15, 0.2) is 17.2 Å². The van der Waals surface area contributed by atoms with Crippen LogP contribution in [0, 0.1) is 0 Å². The van der Waals surface area contributed by atoms with Crippen molar-refractivity contribution in [2.45, 2.75) is 19.3 Å². The summed E-state index contributed by atoms with van der Waals surface area (Å²) in [5, 5.41) is 8.77. The molecule has 0 spiro atoms. The molecule has 5 heteroatoms. The highest BCUT2D eigenvalue weighted by atomic mass is 16.4. The van der Waals surface area contributed by atoms with E-state index in [9.17, 15) is 9.59 Å². The average molecular weight is 182 g/mol. The lowest BCUT2D eigenvalue weighted by Gasteiger charge is -2.07. The number of carboxylic acid groups (broad SMARTS) is 1. The SMILES string of the molecule is CCC(C(=O)O)c1cncc(=O)[nH]1. The molecule has 0 saturated carbocycles. The maximum Gasteiger partial charge on any atom is 0.312 e. The summed E-state index contributed by atoms with van der Waals surface area (Å²) in [5.74, 6) is -1.63. The zero-order chi connectivity index (χ0) is 9.84. The molecule has 0 aliphatic rings. The molecule has 0 saturated heterocycles. The summed E-state index contributed by atoms with van der Waals surface area (Å²) in [5.41, 5.74) is -0.0281. The van der Waals surface area contributed by atoms with Crippen molar-refractivity contribution < 1.29 is 9.90 Å². The van der Waals surface area contributed by atoms with Gasteiger partial charge in [-0.2, -0.15) is 0 Å². The molecule has 13 heavy (non-hydrogen) atoms. The van der Waals surface area contributed by atoms with Crippen LogP contribution in [-0.4, -0.2) is 21.0 Å². The van der Waals surface area contributed by atoms with E-state index >= 15 is 0 Å². The first-order valence-corrected chi connectivity index (χ1v) is 3.92. The van der Waals surface area contributed by atoms with Crippen LogP contribution >= 0.6 is 0 Å². The van der Waals surface area contributed by atoms with Gasteiger partial charge in [-0.25, -0.2) is 0 Å².